The smallest absolute Gasteiger partial charge is 0.328 e. The average molecular weight is 651 g/mol. The standard InChI is InChI=1S/C33H46N2O2S.C4H4O4/c1-2-3-4-5-6-7-8-19-33(36)37-26-25-35-23-21-34(22-24-35)20-13-17-30-29-15-10-9-14-28(29)27-38-32-18-12-11-16-31(30)32;5-3(6)1-2-4(7)8/h9-12,14-18H,2-8,13,19-27H2,1H3;1-2H,(H,5,6)(H,7,8)/b30-17+;2-1-. The summed E-state index contributed by atoms with van der Waals surface area (Å²) in [7, 11) is 0. The zero-order chi connectivity index (χ0) is 33.0. The molecule has 9 heteroatoms. The lowest BCUT2D eigenvalue weighted by molar-refractivity contribution is -0.144. The van der Waals surface area contributed by atoms with Crippen molar-refractivity contribution in [3.8, 4) is 0 Å². The molecule has 0 saturated carbocycles. The van der Waals surface area contributed by atoms with Crippen molar-refractivity contribution < 1.29 is 29.3 Å². The number of hydrogen-bond donors (Lipinski definition) is 2. The summed E-state index contributed by atoms with van der Waals surface area (Å²) in [5.74, 6) is -1.51. The van der Waals surface area contributed by atoms with Gasteiger partial charge in [0.1, 0.15) is 6.61 Å². The summed E-state index contributed by atoms with van der Waals surface area (Å²) in [6.45, 7) is 8.97. The topological polar surface area (TPSA) is 107 Å². The molecule has 0 amide bonds. The first kappa shape index (κ1) is 37.1. The minimum atomic E-state index is -1.26. The predicted octanol–water partition coefficient (Wildman–Crippen LogP) is 7.13. The number of piperazine rings is 1. The molecule has 2 aliphatic heterocycles. The number of esters is 1. The van der Waals surface area contributed by atoms with Gasteiger partial charge in [-0.3, -0.25) is 9.69 Å². The lowest BCUT2D eigenvalue weighted by Crippen LogP contribution is -2.47. The van der Waals surface area contributed by atoms with Gasteiger partial charge in [-0.1, -0.05) is 94.0 Å². The molecule has 250 valence electrons. The van der Waals surface area contributed by atoms with Gasteiger partial charge < -0.3 is 19.8 Å². The second kappa shape index (κ2) is 21.4. The van der Waals surface area contributed by atoms with Crippen LogP contribution in [0.3, 0.4) is 0 Å². The number of nitrogens with zero attached hydrogens (tertiary/aromatic N) is 2. The van der Waals surface area contributed by atoms with Gasteiger partial charge in [-0.2, -0.15) is 0 Å². The Morgan fingerprint density at radius 1 is 0.783 bits per heavy atom. The third kappa shape index (κ3) is 13.9. The van der Waals surface area contributed by atoms with Gasteiger partial charge in [0.15, 0.2) is 0 Å². The van der Waals surface area contributed by atoms with Crippen molar-refractivity contribution >= 4 is 35.2 Å². The number of benzene rings is 2. The molecule has 2 heterocycles. The maximum absolute atomic E-state index is 12.0. The van der Waals surface area contributed by atoms with Gasteiger partial charge >= 0.3 is 17.9 Å². The van der Waals surface area contributed by atoms with Crippen LogP contribution in [0.2, 0.25) is 0 Å². The molecule has 2 aromatic carbocycles. The number of carboxylic acid groups (broad SMARTS) is 2. The predicted molar refractivity (Wildman–Crippen MR) is 185 cm³/mol. The van der Waals surface area contributed by atoms with E-state index in [2.05, 4.69) is 71.3 Å². The highest BCUT2D eigenvalue weighted by Crippen LogP contribution is 2.40. The van der Waals surface area contributed by atoms with Crippen LogP contribution in [-0.2, 0) is 24.9 Å². The number of unbranched alkanes of at least 4 members (excludes halogenated alkanes) is 6. The Morgan fingerprint density at radius 3 is 2.04 bits per heavy atom. The van der Waals surface area contributed by atoms with Crippen molar-refractivity contribution in [1.29, 1.82) is 0 Å². The minimum Gasteiger partial charge on any atom is -0.478 e. The van der Waals surface area contributed by atoms with Crippen LogP contribution in [0.5, 0.6) is 0 Å². The first-order chi connectivity index (χ1) is 22.4. The van der Waals surface area contributed by atoms with Crippen molar-refractivity contribution in [2.24, 2.45) is 0 Å². The quantitative estimate of drug-likeness (QED) is 0.111. The summed E-state index contributed by atoms with van der Waals surface area (Å²) in [6, 6.07) is 17.7. The Kier molecular flexibility index (Phi) is 17.2. The van der Waals surface area contributed by atoms with E-state index in [1.54, 1.807) is 0 Å². The molecule has 2 N–H and O–H groups in total. The normalized spacial score (nSPS) is 15.8. The maximum atomic E-state index is 12.0. The van der Waals surface area contributed by atoms with Gasteiger partial charge in [-0.15, -0.1) is 11.8 Å². The van der Waals surface area contributed by atoms with E-state index in [1.165, 1.54) is 59.3 Å². The minimum absolute atomic E-state index is 0.0229. The number of carbonyl (C=O) groups excluding carboxylic acids is 1. The van der Waals surface area contributed by atoms with Crippen LogP contribution >= 0.6 is 11.8 Å². The lowest BCUT2D eigenvalue weighted by atomic mass is 9.93. The van der Waals surface area contributed by atoms with Crippen molar-refractivity contribution in [3.05, 3.63) is 83.4 Å². The molecule has 0 aromatic heterocycles. The van der Waals surface area contributed by atoms with Crippen LogP contribution in [0.25, 0.3) is 5.57 Å². The Labute approximate surface area is 278 Å². The van der Waals surface area contributed by atoms with Crippen LogP contribution in [0.4, 0.5) is 0 Å². The van der Waals surface area contributed by atoms with E-state index in [1.807, 2.05) is 11.8 Å². The third-order valence-corrected chi connectivity index (χ3v) is 9.27. The fourth-order valence-electron chi connectivity index (χ4n) is 5.60. The molecule has 0 unspecified atom stereocenters. The van der Waals surface area contributed by atoms with Crippen molar-refractivity contribution in [2.45, 2.75) is 75.4 Å². The first-order valence-electron chi connectivity index (χ1n) is 16.6. The van der Waals surface area contributed by atoms with E-state index in [-0.39, 0.29) is 5.97 Å². The number of thioether (sulfide) groups is 1. The molecule has 0 bridgehead atoms. The van der Waals surface area contributed by atoms with E-state index in [9.17, 15) is 14.4 Å². The summed E-state index contributed by atoms with van der Waals surface area (Å²) in [4.78, 5) is 37.5. The molecule has 2 aromatic rings. The third-order valence-electron chi connectivity index (χ3n) is 8.15. The van der Waals surface area contributed by atoms with E-state index in [0.717, 1.165) is 64.3 Å². The zero-order valence-electron chi connectivity index (χ0n) is 27.2. The van der Waals surface area contributed by atoms with E-state index in [0.29, 0.717) is 25.2 Å². The van der Waals surface area contributed by atoms with Crippen molar-refractivity contribution in [3.63, 3.8) is 0 Å². The monoisotopic (exact) mass is 650 g/mol. The number of fused-ring (bicyclic) bond motifs is 2. The maximum Gasteiger partial charge on any atom is 0.328 e. The summed E-state index contributed by atoms with van der Waals surface area (Å²) >= 11 is 1.95. The second-order valence-electron chi connectivity index (χ2n) is 11.6. The first-order valence-corrected chi connectivity index (χ1v) is 17.6. The average Bonchev–Trinajstić information content (AvgIpc) is 3.21. The van der Waals surface area contributed by atoms with Crippen LogP contribution < -0.4 is 0 Å². The number of ether oxygens (including phenoxy) is 1. The Hall–Kier alpha value is -3.40. The van der Waals surface area contributed by atoms with E-state index in [4.69, 9.17) is 14.9 Å². The number of carboxylic acids is 2. The fourth-order valence-corrected chi connectivity index (χ4v) is 6.67. The summed E-state index contributed by atoms with van der Waals surface area (Å²) in [5.41, 5.74) is 5.57. The Bertz CT molecular complexity index is 1240. The van der Waals surface area contributed by atoms with Gasteiger partial charge in [-0.25, -0.2) is 9.59 Å². The van der Waals surface area contributed by atoms with Crippen LogP contribution in [0.1, 0.15) is 81.4 Å². The number of carbonyl (C=O) groups is 3. The van der Waals surface area contributed by atoms with Gasteiger partial charge in [0.25, 0.3) is 0 Å². The summed E-state index contributed by atoms with van der Waals surface area (Å²) in [6.07, 6.45) is 13.8. The molecule has 4 rings (SSSR count). The fraction of sp³-hybridized carbons (Fsp3) is 0.486. The summed E-state index contributed by atoms with van der Waals surface area (Å²) in [5, 5.41) is 15.6. The molecule has 46 heavy (non-hydrogen) atoms. The molecular weight excluding hydrogens is 600 g/mol. The van der Waals surface area contributed by atoms with Gasteiger partial charge in [-0.05, 0) is 41.2 Å². The van der Waals surface area contributed by atoms with E-state index >= 15 is 0 Å². The highest BCUT2D eigenvalue weighted by atomic mass is 32.2. The van der Waals surface area contributed by atoms with Crippen molar-refractivity contribution in [2.75, 3.05) is 45.9 Å². The van der Waals surface area contributed by atoms with Crippen LogP contribution in [0, 0.1) is 0 Å². The highest BCUT2D eigenvalue weighted by Gasteiger charge is 2.19. The van der Waals surface area contributed by atoms with Gasteiger partial charge in [0.2, 0.25) is 0 Å². The SMILES string of the molecule is CCCCCCCCCC(=O)OCCN1CCN(CC/C=C2\c3ccccc3CSc3ccccc32)CC1.O=C(O)/C=C\C(=O)O. The number of rotatable bonds is 16. The Morgan fingerprint density at radius 2 is 1.37 bits per heavy atom. The van der Waals surface area contributed by atoms with E-state index < -0.39 is 11.9 Å². The highest BCUT2D eigenvalue weighted by molar-refractivity contribution is 7.98. The molecule has 8 nitrogen and oxygen atoms in total. The largest absolute Gasteiger partial charge is 0.478 e. The molecular formula is C37H50N2O6S. The number of aliphatic carboxylic acids is 2. The summed E-state index contributed by atoms with van der Waals surface area (Å²) < 4.78 is 5.51. The molecule has 1 fully saturated rings. The molecule has 1 saturated heterocycles. The molecule has 0 spiro atoms. The Balaban J connectivity index is 0.000000637. The molecule has 0 radical (unpaired) electrons. The van der Waals surface area contributed by atoms with Gasteiger partial charge in [0, 0.05) is 68.5 Å². The molecule has 0 atom stereocenters. The van der Waals surface area contributed by atoms with Crippen molar-refractivity contribution in [1.82, 2.24) is 9.80 Å². The molecule has 2 aliphatic rings. The molecule has 0 aliphatic carbocycles. The zero-order valence-corrected chi connectivity index (χ0v) is 28.0. The number of hydrogen-bond acceptors (Lipinski definition) is 7. The lowest BCUT2D eigenvalue weighted by Gasteiger charge is -2.34. The van der Waals surface area contributed by atoms with Gasteiger partial charge in [0.05, 0.1) is 0 Å². The second-order valence-corrected chi connectivity index (χ2v) is 12.7. The van der Waals surface area contributed by atoms with Crippen LogP contribution in [-0.4, -0.2) is 83.8 Å². The van der Waals surface area contributed by atoms with Crippen LogP contribution in [0.15, 0.2) is 71.7 Å².